The molecule has 0 aliphatic carbocycles. The van der Waals surface area contributed by atoms with E-state index in [1.165, 1.54) is 30.7 Å². The fraction of sp³-hybridized carbons (Fsp3) is 0.519. The van der Waals surface area contributed by atoms with E-state index in [1.54, 1.807) is 0 Å². The summed E-state index contributed by atoms with van der Waals surface area (Å²) in [6.45, 7) is 9.14. The van der Waals surface area contributed by atoms with Gasteiger partial charge < -0.3 is 10.2 Å². The highest BCUT2D eigenvalue weighted by Crippen LogP contribution is 2.25. The number of hydrogen-bond acceptors (Lipinski definition) is 3. The maximum absolute atomic E-state index is 13.2. The fourth-order valence-electron chi connectivity index (χ4n) is 4.92. The molecule has 2 aromatic carbocycles. The van der Waals surface area contributed by atoms with Gasteiger partial charge in [0, 0.05) is 31.9 Å². The first-order valence-electron chi connectivity index (χ1n) is 12.1. The molecule has 1 N–H and O–H groups in total. The van der Waals surface area contributed by atoms with E-state index in [9.17, 15) is 9.18 Å². The second-order valence-electron chi connectivity index (χ2n) is 9.69. The third-order valence-electron chi connectivity index (χ3n) is 7.10. The Hall–Kier alpha value is -2.40. The van der Waals surface area contributed by atoms with Gasteiger partial charge in [-0.05, 0) is 80.5 Å². The van der Waals surface area contributed by atoms with Gasteiger partial charge in [-0.1, -0.05) is 31.2 Å². The lowest BCUT2D eigenvalue weighted by Crippen LogP contribution is -2.43. The number of rotatable bonds is 6. The molecule has 0 bridgehead atoms. The number of piperidine rings is 2. The minimum Gasteiger partial charge on any atom is -0.372 e. The van der Waals surface area contributed by atoms with Gasteiger partial charge in [0.2, 0.25) is 5.91 Å². The molecule has 2 heterocycles. The summed E-state index contributed by atoms with van der Waals surface area (Å²) in [5, 5.41) is 3.23. The summed E-state index contributed by atoms with van der Waals surface area (Å²) >= 11 is 0. The van der Waals surface area contributed by atoms with Gasteiger partial charge in [0.05, 0.1) is 12.0 Å². The number of halogens is 1. The molecule has 0 saturated carbocycles. The molecule has 2 fully saturated rings. The zero-order valence-corrected chi connectivity index (χ0v) is 19.4. The molecule has 2 aliphatic heterocycles. The van der Waals surface area contributed by atoms with Crippen LogP contribution in [-0.4, -0.2) is 37.0 Å². The SMILES string of the molecule is CC1CCN(c2ccc([C@@H](C)NC(=O)[C@H]3CCCN(Cc4ccc(F)cc4)C3)cc2)CC1. The van der Waals surface area contributed by atoms with Crippen molar-refractivity contribution < 1.29 is 9.18 Å². The van der Waals surface area contributed by atoms with Crippen molar-refractivity contribution in [3.8, 4) is 0 Å². The van der Waals surface area contributed by atoms with Gasteiger partial charge in [-0.3, -0.25) is 9.69 Å². The summed E-state index contributed by atoms with van der Waals surface area (Å²) in [6, 6.07) is 15.3. The van der Waals surface area contributed by atoms with Crippen molar-refractivity contribution in [3.63, 3.8) is 0 Å². The molecule has 4 nitrogen and oxygen atoms in total. The molecule has 172 valence electrons. The first-order valence-corrected chi connectivity index (χ1v) is 12.1. The number of anilines is 1. The van der Waals surface area contributed by atoms with Crippen LogP contribution in [-0.2, 0) is 11.3 Å². The molecule has 2 aromatic rings. The van der Waals surface area contributed by atoms with Crippen molar-refractivity contribution in [2.45, 2.75) is 52.1 Å². The van der Waals surface area contributed by atoms with Crippen LogP contribution in [0.3, 0.4) is 0 Å². The van der Waals surface area contributed by atoms with E-state index in [4.69, 9.17) is 0 Å². The number of carbonyl (C=O) groups is 1. The highest BCUT2D eigenvalue weighted by atomic mass is 19.1. The Labute approximate surface area is 191 Å². The molecular weight excluding hydrogens is 401 g/mol. The topological polar surface area (TPSA) is 35.6 Å². The highest BCUT2D eigenvalue weighted by molar-refractivity contribution is 5.79. The average Bonchev–Trinajstić information content (AvgIpc) is 2.81. The van der Waals surface area contributed by atoms with Crippen LogP contribution in [0.25, 0.3) is 0 Å². The van der Waals surface area contributed by atoms with E-state index in [-0.39, 0.29) is 23.7 Å². The summed E-state index contributed by atoms with van der Waals surface area (Å²) in [7, 11) is 0. The van der Waals surface area contributed by atoms with E-state index < -0.39 is 0 Å². The number of carbonyl (C=O) groups excluding carboxylic acids is 1. The van der Waals surface area contributed by atoms with Gasteiger partial charge >= 0.3 is 0 Å². The fourth-order valence-corrected chi connectivity index (χ4v) is 4.92. The van der Waals surface area contributed by atoms with Crippen LogP contribution in [0.15, 0.2) is 48.5 Å². The summed E-state index contributed by atoms with van der Waals surface area (Å²) in [4.78, 5) is 17.7. The molecule has 4 rings (SSSR count). The predicted octanol–water partition coefficient (Wildman–Crippen LogP) is 5.15. The number of hydrogen-bond donors (Lipinski definition) is 1. The quantitative estimate of drug-likeness (QED) is 0.679. The van der Waals surface area contributed by atoms with Gasteiger partial charge in [0.25, 0.3) is 0 Å². The summed E-state index contributed by atoms with van der Waals surface area (Å²) < 4.78 is 13.2. The average molecular weight is 438 g/mol. The molecule has 0 unspecified atom stereocenters. The van der Waals surface area contributed by atoms with Crippen LogP contribution in [0.1, 0.15) is 56.7 Å². The summed E-state index contributed by atoms with van der Waals surface area (Å²) in [6.07, 6.45) is 4.45. The Morgan fingerprint density at radius 2 is 1.72 bits per heavy atom. The molecule has 2 saturated heterocycles. The number of likely N-dealkylation sites (tertiary alicyclic amines) is 1. The highest BCUT2D eigenvalue weighted by Gasteiger charge is 2.27. The van der Waals surface area contributed by atoms with Gasteiger partial charge in [-0.15, -0.1) is 0 Å². The third kappa shape index (κ3) is 5.89. The van der Waals surface area contributed by atoms with Gasteiger partial charge in [0.15, 0.2) is 0 Å². The van der Waals surface area contributed by atoms with E-state index >= 15 is 0 Å². The number of amides is 1. The lowest BCUT2D eigenvalue weighted by Gasteiger charge is -2.33. The predicted molar refractivity (Wildman–Crippen MR) is 128 cm³/mol. The molecule has 2 aliphatic rings. The maximum Gasteiger partial charge on any atom is 0.224 e. The van der Waals surface area contributed by atoms with E-state index in [2.05, 4.69) is 53.2 Å². The van der Waals surface area contributed by atoms with Crippen molar-refractivity contribution in [2.75, 3.05) is 31.1 Å². The van der Waals surface area contributed by atoms with E-state index in [0.29, 0.717) is 0 Å². The zero-order valence-electron chi connectivity index (χ0n) is 19.4. The molecule has 0 radical (unpaired) electrons. The van der Waals surface area contributed by atoms with Crippen LogP contribution in [0.5, 0.6) is 0 Å². The lowest BCUT2D eigenvalue weighted by molar-refractivity contribution is -0.127. The van der Waals surface area contributed by atoms with Crippen molar-refractivity contribution in [1.29, 1.82) is 0 Å². The van der Waals surface area contributed by atoms with Gasteiger partial charge in [0.1, 0.15) is 5.82 Å². The molecule has 5 heteroatoms. The standard InChI is InChI=1S/C27H36FN3O/c1-20-13-16-31(17-14-20)26-11-7-23(8-12-26)21(2)29-27(32)24-4-3-15-30(19-24)18-22-5-9-25(28)10-6-22/h5-12,20-21,24H,3-4,13-19H2,1-2H3,(H,29,32)/t21-,24+/m1/s1. The number of nitrogens with one attached hydrogen (secondary N) is 1. The Morgan fingerprint density at radius 1 is 1.03 bits per heavy atom. The van der Waals surface area contributed by atoms with Crippen molar-refractivity contribution in [3.05, 3.63) is 65.5 Å². The normalized spacial score (nSPS) is 21.3. The number of benzene rings is 2. The molecule has 0 aromatic heterocycles. The second kappa shape index (κ2) is 10.5. The van der Waals surface area contributed by atoms with E-state index in [0.717, 1.165) is 62.6 Å². The number of nitrogens with zero attached hydrogens (tertiary/aromatic N) is 2. The summed E-state index contributed by atoms with van der Waals surface area (Å²) in [5.41, 5.74) is 3.51. The lowest BCUT2D eigenvalue weighted by atomic mass is 9.95. The maximum atomic E-state index is 13.2. The minimum absolute atomic E-state index is 0.00117. The van der Waals surface area contributed by atoms with Gasteiger partial charge in [-0.25, -0.2) is 4.39 Å². The van der Waals surface area contributed by atoms with Crippen LogP contribution in [0.4, 0.5) is 10.1 Å². The van der Waals surface area contributed by atoms with Crippen molar-refractivity contribution in [1.82, 2.24) is 10.2 Å². The Balaban J connectivity index is 1.29. The van der Waals surface area contributed by atoms with E-state index in [1.807, 2.05) is 12.1 Å². The first kappa shape index (κ1) is 22.8. The Morgan fingerprint density at radius 3 is 2.41 bits per heavy atom. The molecule has 0 spiro atoms. The molecule has 2 atom stereocenters. The summed E-state index contributed by atoms with van der Waals surface area (Å²) in [5.74, 6) is 0.751. The van der Waals surface area contributed by atoms with Crippen molar-refractivity contribution >= 4 is 11.6 Å². The zero-order chi connectivity index (χ0) is 22.5. The Kier molecular flexibility index (Phi) is 7.46. The Bertz CT molecular complexity index is 875. The van der Waals surface area contributed by atoms with Crippen LogP contribution in [0.2, 0.25) is 0 Å². The third-order valence-corrected chi connectivity index (χ3v) is 7.10. The van der Waals surface area contributed by atoms with Crippen LogP contribution >= 0.6 is 0 Å². The molecule has 1 amide bonds. The molecular formula is C27H36FN3O. The first-order chi connectivity index (χ1) is 15.5. The monoisotopic (exact) mass is 437 g/mol. The van der Waals surface area contributed by atoms with Gasteiger partial charge in [-0.2, -0.15) is 0 Å². The van der Waals surface area contributed by atoms with Crippen LogP contribution < -0.4 is 10.2 Å². The largest absolute Gasteiger partial charge is 0.372 e. The smallest absolute Gasteiger partial charge is 0.224 e. The molecule has 32 heavy (non-hydrogen) atoms. The van der Waals surface area contributed by atoms with Crippen molar-refractivity contribution in [2.24, 2.45) is 11.8 Å². The van der Waals surface area contributed by atoms with Crippen LogP contribution in [0, 0.1) is 17.7 Å². The second-order valence-corrected chi connectivity index (χ2v) is 9.69. The minimum atomic E-state index is -0.211.